The standard InChI is InChI=1S/C17H22N2O6S/c20-16(19-13-6-7-13)11-25-17(21)12-3-1-5-15(9-12)26(22,23)18-10-14-4-2-8-24-14/h1,3,5,9,13-14,18H,2,4,6-8,10-11H2,(H,19,20)/t14-/m1/s1. The van der Waals surface area contributed by atoms with Gasteiger partial charge in [0.1, 0.15) is 0 Å². The number of hydrogen-bond acceptors (Lipinski definition) is 6. The zero-order valence-corrected chi connectivity index (χ0v) is 15.1. The van der Waals surface area contributed by atoms with E-state index in [4.69, 9.17) is 9.47 Å². The second kappa shape index (κ2) is 8.15. The highest BCUT2D eigenvalue weighted by Gasteiger charge is 2.24. The predicted octanol–water partition coefficient (Wildman–Crippen LogP) is 0.579. The third-order valence-electron chi connectivity index (χ3n) is 4.18. The number of benzene rings is 1. The van der Waals surface area contributed by atoms with Crippen molar-refractivity contribution in [2.24, 2.45) is 0 Å². The van der Waals surface area contributed by atoms with Gasteiger partial charge < -0.3 is 14.8 Å². The summed E-state index contributed by atoms with van der Waals surface area (Å²) in [4.78, 5) is 23.6. The fourth-order valence-electron chi connectivity index (χ4n) is 2.59. The van der Waals surface area contributed by atoms with E-state index >= 15 is 0 Å². The van der Waals surface area contributed by atoms with E-state index in [0.29, 0.717) is 6.61 Å². The Balaban J connectivity index is 1.57. The molecule has 2 aliphatic rings. The number of ether oxygens (including phenoxy) is 2. The Morgan fingerprint density at radius 3 is 2.73 bits per heavy atom. The van der Waals surface area contributed by atoms with E-state index in [1.54, 1.807) is 0 Å². The van der Waals surface area contributed by atoms with Crippen molar-refractivity contribution in [1.29, 1.82) is 0 Å². The first kappa shape index (κ1) is 18.8. The molecular weight excluding hydrogens is 360 g/mol. The number of carbonyl (C=O) groups is 2. The van der Waals surface area contributed by atoms with E-state index in [2.05, 4.69) is 10.0 Å². The number of esters is 1. The molecule has 1 saturated carbocycles. The lowest BCUT2D eigenvalue weighted by Crippen LogP contribution is -2.32. The number of carbonyl (C=O) groups excluding carboxylic acids is 2. The van der Waals surface area contributed by atoms with E-state index in [1.165, 1.54) is 24.3 Å². The summed E-state index contributed by atoms with van der Waals surface area (Å²) in [5.74, 6) is -1.10. The molecule has 8 nitrogen and oxygen atoms in total. The fraction of sp³-hybridized carbons (Fsp3) is 0.529. The summed E-state index contributed by atoms with van der Waals surface area (Å²) in [5.41, 5.74) is 0.0733. The lowest BCUT2D eigenvalue weighted by molar-refractivity contribution is -0.124. The Hall–Kier alpha value is -1.97. The lowest BCUT2D eigenvalue weighted by Gasteiger charge is -2.12. The molecule has 0 radical (unpaired) electrons. The molecule has 0 unspecified atom stereocenters. The first-order valence-electron chi connectivity index (χ1n) is 8.62. The van der Waals surface area contributed by atoms with Gasteiger partial charge in [0.2, 0.25) is 10.0 Å². The van der Waals surface area contributed by atoms with Crippen LogP contribution in [0.25, 0.3) is 0 Å². The molecule has 1 saturated heterocycles. The van der Waals surface area contributed by atoms with Crippen LogP contribution in [0, 0.1) is 0 Å². The third-order valence-corrected chi connectivity index (χ3v) is 5.60. The molecule has 0 aromatic heterocycles. The second-order valence-electron chi connectivity index (χ2n) is 6.43. The minimum absolute atomic E-state index is 0.0348. The maximum atomic E-state index is 12.4. The maximum absolute atomic E-state index is 12.4. The van der Waals surface area contributed by atoms with Crippen LogP contribution in [0.2, 0.25) is 0 Å². The molecule has 26 heavy (non-hydrogen) atoms. The Labute approximate surface area is 152 Å². The largest absolute Gasteiger partial charge is 0.452 e. The zero-order chi connectivity index (χ0) is 18.6. The Morgan fingerprint density at radius 1 is 1.23 bits per heavy atom. The van der Waals surface area contributed by atoms with Gasteiger partial charge in [0.25, 0.3) is 5.91 Å². The molecular formula is C17H22N2O6S. The van der Waals surface area contributed by atoms with E-state index in [1.807, 2.05) is 0 Å². The first-order valence-corrected chi connectivity index (χ1v) is 10.1. The van der Waals surface area contributed by atoms with Gasteiger partial charge in [0.15, 0.2) is 6.61 Å². The van der Waals surface area contributed by atoms with Gasteiger partial charge in [-0.1, -0.05) is 6.07 Å². The van der Waals surface area contributed by atoms with Crippen LogP contribution in [0.3, 0.4) is 0 Å². The van der Waals surface area contributed by atoms with E-state index in [-0.39, 0.29) is 41.7 Å². The Kier molecular flexibility index (Phi) is 5.90. The van der Waals surface area contributed by atoms with Gasteiger partial charge in [0, 0.05) is 19.2 Å². The number of hydrogen-bond donors (Lipinski definition) is 2. The number of amides is 1. The quantitative estimate of drug-likeness (QED) is 0.636. The molecule has 9 heteroatoms. The number of sulfonamides is 1. The van der Waals surface area contributed by atoms with E-state index < -0.39 is 16.0 Å². The van der Waals surface area contributed by atoms with E-state index in [0.717, 1.165) is 25.7 Å². The summed E-state index contributed by atoms with van der Waals surface area (Å²) in [7, 11) is -3.76. The van der Waals surface area contributed by atoms with Crippen LogP contribution < -0.4 is 10.0 Å². The third kappa shape index (κ3) is 5.26. The number of rotatable bonds is 8. The van der Waals surface area contributed by atoms with Gasteiger partial charge in [-0.05, 0) is 43.9 Å². The minimum Gasteiger partial charge on any atom is -0.452 e. The molecule has 1 atom stereocenters. The van der Waals surface area contributed by atoms with Gasteiger partial charge in [0.05, 0.1) is 16.6 Å². The summed E-state index contributed by atoms with van der Waals surface area (Å²) in [6.07, 6.45) is 3.50. The van der Waals surface area contributed by atoms with E-state index in [9.17, 15) is 18.0 Å². The summed E-state index contributed by atoms with van der Waals surface area (Å²) in [6.45, 7) is 0.448. The summed E-state index contributed by atoms with van der Waals surface area (Å²) in [5, 5.41) is 2.71. The van der Waals surface area contributed by atoms with Crippen molar-refractivity contribution in [2.75, 3.05) is 19.8 Å². The SMILES string of the molecule is O=C(COC(=O)c1cccc(S(=O)(=O)NC[C@H]2CCCO2)c1)NC1CC1. The summed E-state index contributed by atoms with van der Waals surface area (Å²) in [6, 6.07) is 5.72. The molecule has 1 aromatic rings. The molecule has 1 heterocycles. The van der Waals surface area contributed by atoms with Crippen molar-refractivity contribution in [3.05, 3.63) is 29.8 Å². The topological polar surface area (TPSA) is 111 Å². The van der Waals surface area contributed by atoms with Crippen molar-refractivity contribution < 1.29 is 27.5 Å². The van der Waals surface area contributed by atoms with Gasteiger partial charge in [-0.2, -0.15) is 0 Å². The molecule has 0 spiro atoms. The highest BCUT2D eigenvalue weighted by molar-refractivity contribution is 7.89. The van der Waals surface area contributed by atoms with Crippen LogP contribution in [-0.2, 0) is 24.3 Å². The predicted molar refractivity (Wildman–Crippen MR) is 92.1 cm³/mol. The average molecular weight is 382 g/mol. The molecule has 1 aliphatic carbocycles. The highest BCUT2D eigenvalue weighted by atomic mass is 32.2. The normalized spacial score (nSPS) is 19.9. The minimum atomic E-state index is -3.76. The molecule has 1 amide bonds. The van der Waals surface area contributed by atoms with Gasteiger partial charge in [-0.3, -0.25) is 4.79 Å². The summed E-state index contributed by atoms with van der Waals surface area (Å²) < 4.78 is 37.6. The molecule has 1 aromatic carbocycles. The Bertz CT molecular complexity index is 769. The molecule has 0 bridgehead atoms. The molecule has 2 N–H and O–H groups in total. The van der Waals surface area contributed by atoms with Crippen LogP contribution in [0.15, 0.2) is 29.2 Å². The van der Waals surface area contributed by atoms with Gasteiger partial charge >= 0.3 is 5.97 Å². The highest BCUT2D eigenvalue weighted by Crippen LogP contribution is 2.18. The zero-order valence-electron chi connectivity index (χ0n) is 14.3. The monoisotopic (exact) mass is 382 g/mol. The van der Waals surface area contributed by atoms with Gasteiger partial charge in [-0.25, -0.2) is 17.9 Å². The van der Waals surface area contributed by atoms with Crippen molar-refractivity contribution >= 4 is 21.9 Å². The molecule has 142 valence electrons. The molecule has 3 rings (SSSR count). The Morgan fingerprint density at radius 2 is 2.04 bits per heavy atom. The fourth-order valence-corrected chi connectivity index (χ4v) is 3.70. The maximum Gasteiger partial charge on any atom is 0.338 e. The van der Waals surface area contributed by atoms with Crippen LogP contribution >= 0.6 is 0 Å². The van der Waals surface area contributed by atoms with Crippen molar-refractivity contribution in [2.45, 2.75) is 42.7 Å². The smallest absolute Gasteiger partial charge is 0.338 e. The second-order valence-corrected chi connectivity index (χ2v) is 8.20. The lowest BCUT2D eigenvalue weighted by atomic mass is 10.2. The number of nitrogens with one attached hydrogen (secondary N) is 2. The van der Waals surface area contributed by atoms with Crippen molar-refractivity contribution in [3.8, 4) is 0 Å². The first-order chi connectivity index (χ1) is 12.4. The van der Waals surface area contributed by atoms with Gasteiger partial charge in [-0.15, -0.1) is 0 Å². The van der Waals surface area contributed by atoms with Crippen LogP contribution in [0.4, 0.5) is 0 Å². The molecule has 1 aliphatic heterocycles. The van der Waals surface area contributed by atoms with Crippen molar-refractivity contribution in [3.63, 3.8) is 0 Å². The summed E-state index contributed by atoms with van der Waals surface area (Å²) >= 11 is 0. The molecule has 2 fully saturated rings. The van der Waals surface area contributed by atoms with Crippen molar-refractivity contribution in [1.82, 2.24) is 10.0 Å². The average Bonchev–Trinajstić information content (AvgIpc) is 3.28. The van der Waals surface area contributed by atoms with Crippen LogP contribution in [-0.4, -0.2) is 52.2 Å². The van der Waals surface area contributed by atoms with Crippen LogP contribution in [0.5, 0.6) is 0 Å². The van der Waals surface area contributed by atoms with Crippen LogP contribution in [0.1, 0.15) is 36.0 Å².